The number of carboxylic acid groups (broad SMARTS) is 1. The van der Waals surface area contributed by atoms with E-state index >= 15 is 0 Å². The Labute approximate surface area is 52.4 Å². The van der Waals surface area contributed by atoms with Gasteiger partial charge < -0.3 is 14.6 Å². The van der Waals surface area contributed by atoms with E-state index < -0.39 is 18.0 Å². The molecule has 0 aromatic heterocycles. The van der Waals surface area contributed by atoms with E-state index in [2.05, 4.69) is 4.74 Å². The Hall–Kier alpha value is -1.06. The first-order chi connectivity index (χ1) is 4.04. The van der Waals surface area contributed by atoms with Crippen molar-refractivity contribution in [2.45, 2.75) is 20.0 Å². The predicted octanol–water partition coefficient (Wildman–Crippen LogP) is -1.31. The van der Waals surface area contributed by atoms with Crippen LogP contribution in [0.1, 0.15) is 13.8 Å². The van der Waals surface area contributed by atoms with Gasteiger partial charge in [0, 0.05) is 6.92 Å². The van der Waals surface area contributed by atoms with E-state index in [0.29, 0.717) is 0 Å². The van der Waals surface area contributed by atoms with Gasteiger partial charge in [0.15, 0.2) is 0 Å². The lowest BCUT2D eigenvalue weighted by molar-refractivity contribution is -0.314. The monoisotopic (exact) mass is 131 g/mol. The Balaban J connectivity index is 3.63. The molecule has 4 nitrogen and oxygen atoms in total. The van der Waals surface area contributed by atoms with E-state index in [4.69, 9.17) is 0 Å². The van der Waals surface area contributed by atoms with Crippen LogP contribution in [0.4, 0.5) is 0 Å². The van der Waals surface area contributed by atoms with Crippen molar-refractivity contribution in [2.24, 2.45) is 0 Å². The van der Waals surface area contributed by atoms with Crippen molar-refractivity contribution < 1.29 is 19.4 Å². The maximum absolute atomic E-state index is 10.0. The van der Waals surface area contributed by atoms with Gasteiger partial charge in [-0.25, -0.2) is 0 Å². The molecule has 0 saturated carbocycles. The molecule has 0 rings (SSSR count). The Morgan fingerprint density at radius 1 is 1.56 bits per heavy atom. The smallest absolute Gasteiger partial charge is 0.303 e. The summed E-state index contributed by atoms with van der Waals surface area (Å²) in [6.45, 7) is 2.37. The normalized spacial score (nSPS) is 12.2. The van der Waals surface area contributed by atoms with Crippen LogP contribution in [0.25, 0.3) is 0 Å². The van der Waals surface area contributed by atoms with Gasteiger partial charge in [0.05, 0.1) is 5.97 Å². The van der Waals surface area contributed by atoms with Crippen molar-refractivity contribution in [1.29, 1.82) is 0 Å². The molecule has 0 amide bonds. The number of ether oxygens (including phenoxy) is 1. The van der Waals surface area contributed by atoms with E-state index in [0.717, 1.165) is 6.92 Å². The molecule has 1 unspecified atom stereocenters. The molecule has 0 fully saturated rings. The second-order valence-electron chi connectivity index (χ2n) is 1.57. The molecule has 9 heavy (non-hydrogen) atoms. The van der Waals surface area contributed by atoms with Crippen molar-refractivity contribution in [3.8, 4) is 0 Å². The number of carbonyl (C=O) groups excluding carboxylic acids is 2. The van der Waals surface area contributed by atoms with Gasteiger partial charge in [-0.1, -0.05) is 0 Å². The van der Waals surface area contributed by atoms with Crippen molar-refractivity contribution in [1.82, 2.24) is 0 Å². The average molecular weight is 131 g/mol. The van der Waals surface area contributed by atoms with Gasteiger partial charge in [-0.15, -0.1) is 0 Å². The summed E-state index contributed by atoms with van der Waals surface area (Å²) in [5, 5.41) is 9.85. The van der Waals surface area contributed by atoms with Gasteiger partial charge in [-0.2, -0.15) is 0 Å². The third-order valence-corrected chi connectivity index (χ3v) is 0.675. The third kappa shape index (κ3) is 3.52. The maximum atomic E-state index is 10.0. The van der Waals surface area contributed by atoms with E-state index in [1.165, 1.54) is 6.92 Å². The van der Waals surface area contributed by atoms with E-state index in [-0.39, 0.29) is 0 Å². The van der Waals surface area contributed by atoms with E-state index in [1.807, 2.05) is 0 Å². The molecule has 4 heteroatoms. The SMILES string of the molecule is CC(=O)OC(C)C(=O)[O-]. The van der Waals surface area contributed by atoms with Crippen molar-refractivity contribution in [2.75, 3.05) is 0 Å². The minimum atomic E-state index is -1.38. The Kier molecular flexibility index (Phi) is 2.70. The van der Waals surface area contributed by atoms with Gasteiger partial charge in [-0.05, 0) is 6.92 Å². The first-order valence-electron chi connectivity index (χ1n) is 2.42. The highest BCUT2D eigenvalue weighted by atomic mass is 16.6. The minimum Gasteiger partial charge on any atom is -0.546 e. The van der Waals surface area contributed by atoms with Gasteiger partial charge in [0.2, 0.25) is 0 Å². The average Bonchev–Trinajstić information content (AvgIpc) is 1.63. The zero-order chi connectivity index (χ0) is 7.44. The standard InChI is InChI=1S/C5H8O4/c1-3(5(7)8)9-4(2)6/h3H,1-2H3,(H,7,8)/p-1. The highest BCUT2D eigenvalue weighted by Gasteiger charge is 2.03. The van der Waals surface area contributed by atoms with Crippen molar-refractivity contribution in [3.63, 3.8) is 0 Å². The molecule has 0 spiro atoms. The molecule has 0 aliphatic rings. The molecule has 0 bridgehead atoms. The number of rotatable bonds is 2. The summed E-state index contributed by atoms with van der Waals surface area (Å²) >= 11 is 0. The van der Waals surface area contributed by atoms with Crippen LogP contribution in [0.5, 0.6) is 0 Å². The van der Waals surface area contributed by atoms with E-state index in [1.54, 1.807) is 0 Å². The minimum absolute atomic E-state index is 0.619. The second kappa shape index (κ2) is 3.06. The molecule has 0 aromatic rings. The molecule has 0 aliphatic heterocycles. The Morgan fingerprint density at radius 3 is 2.11 bits per heavy atom. The molecular weight excluding hydrogens is 124 g/mol. The number of hydrogen-bond donors (Lipinski definition) is 0. The number of carbonyl (C=O) groups is 2. The molecule has 0 radical (unpaired) electrons. The fourth-order valence-corrected chi connectivity index (χ4v) is 0.297. The Morgan fingerprint density at radius 2 is 2.00 bits per heavy atom. The van der Waals surface area contributed by atoms with E-state index in [9.17, 15) is 14.7 Å². The lowest BCUT2D eigenvalue weighted by Gasteiger charge is -2.11. The van der Waals surface area contributed by atoms with Gasteiger partial charge in [0.1, 0.15) is 6.10 Å². The maximum Gasteiger partial charge on any atom is 0.303 e. The molecule has 52 valence electrons. The Bertz CT molecular complexity index is 129. The summed E-state index contributed by atoms with van der Waals surface area (Å²) < 4.78 is 4.21. The fourth-order valence-electron chi connectivity index (χ4n) is 0.297. The molecule has 0 aliphatic carbocycles. The summed E-state index contributed by atoms with van der Waals surface area (Å²) in [6.07, 6.45) is -1.15. The lowest BCUT2D eigenvalue weighted by Crippen LogP contribution is -2.36. The predicted molar refractivity (Wildman–Crippen MR) is 26.2 cm³/mol. The van der Waals surface area contributed by atoms with Crippen molar-refractivity contribution >= 4 is 11.9 Å². The quantitative estimate of drug-likeness (QED) is 0.436. The molecule has 1 atom stereocenters. The molecule has 0 N–H and O–H groups in total. The van der Waals surface area contributed by atoms with Gasteiger partial charge in [-0.3, -0.25) is 4.79 Å². The van der Waals surface area contributed by atoms with Crippen LogP contribution in [0.2, 0.25) is 0 Å². The van der Waals surface area contributed by atoms with Crippen LogP contribution >= 0.6 is 0 Å². The number of esters is 1. The van der Waals surface area contributed by atoms with Crippen LogP contribution < -0.4 is 5.11 Å². The summed E-state index contributed by atoms with van der Waals surface area (Å²) in [5.41, 5.74) is 0. The zero-order valence-corrected chi connectivity index (χ0v) is 5.21. The van der Waals surface area contributed by atoms with Crippen LogP contribution in [-0.2, 0) is 14.3 Å². The summed E-state index contributed by atoms with van der Waals surface area (Å²) in [5.74, 6) is -2.00. The first kappa shape index (κ1) is 7.94. The zero-order valence-electron chi connectivity index (χ0n) is 5.21. The largest absolute Gasteiger partial charge is 0.546 e. The molecule has 0 heterocycles. The lowest BCUT2D eigenvalue weighted by atomic mass is 10.4. The summed E-state index contributed by atoms with van der Waals surface area (Å²) in [4.78, 5) is 19.9. The van der Waals surface area contributed by atoms with Crippen LogP contribution in [0.15, 0.2) is 0 Å². The molecule has 0 aromatic carbocycles. The molecular formula is C5H7O4-. The number of carboxylic acids is 1. The number of aliphatic carboxylic acids is 1. The van der Waals surface area contributed by atoms with Crippen LogP contribution in [0, 0.1) is 0 Å². The van der Waals surface area contributed by atoms with Crippen molar-refractivity contribution in [3.05, 3.63) is 0 Å². The van der Waals surface area contributed by atoms with Gasteiger partial charge in [0.25, 0.3) is 0 Å². The van der Waals surface area contributed by atoms with Crippen LogP contribution in [-0.4, -0.2) is 18.0 Å². The summed E-state index contributed by atoms with van der Waals surface area (Å²) in [7, 11) is 0. The summed E-state index contributed by atoms with van der Waals surface area (Å²) in [6, 6.07) is 0. The topological polar surface area (TPSA) is 66.4 Å². The number of hydrogen-bond acceptors (Lipinski definition) is 4. The highest BCUT2D eigenvalue weighted by molar-refractivity contribution is 5.74. The molecule has 0 saturated heterocycles. The fraction of sp³-hybridized carbons (Fsp3) is 0.600. The first-order valence-corrected chi connectivity index (χ1v) is 2.42. The van der Waals surface area contributed by atoms with Crippen LogP contribution in [0.3, 0.4) is 0 Å². The van der Waals surface area contributed by atoms with Gasteiger partial charge >= 0.3 is 5.97 Å². The highest BCUT2D eigenvalue weighted by Crippen LogP contribution is 1.87. The third-order valence-electron chi connectivity index (χ3n) is 0.675. The second-order valence-corrected chi connectivity index (χ2v) is 1.57.